The van der Waals surface area contributed by atoms with Crippen molar-refractivity contribution in [1.82, 2.24) is 10.1 Å². The summed E-state index contributed by atoms with van der Waals surface area (Å²) >= 11 is 0. The number of ether oxygens (including phenoxy) is 1. The number of aryl methyl sites for hydroxylation is 1. The second-order valence-corrected chi connectivity index (χ2v) is 5.36. The number of rotatable bonds is 6. The summed E-state index contributed by atoms with van der Waals surface area (Å²) in [6.07, 6.45) is 0.682. The summed E-state index contributed by atoms with van der Waals surface area (Å²) in [5.41, 5.74) is 2.01. The molecule has 1 N–H and O–H groups in total. The zero-order valence-electron chi connectivity index (χ0n) is 14.2. The van der Waals surface area contributed by atoms with Gasteiger partial charge in [-0.15, -0.1) is 0 Å². The number of hydrogen-bond donors (Lipinski definition) is 1. The Labute approximate surface area is 145 Å². The van der Waals surface area contributed by atoms with Crippen LogP contribution in [0, 0.1) is 0 Å². The minimum absolute atomic E-state index is 0.192. The molecular formula is C19H19N3O3. The summed E-state index contributed by atoms with van der Waals surface area (Å²) in [6.45, 7) is 4.46. The summed E-state index contributed by atoms with van der Waals surface area (Å²) < 4.78 is 10.5. The van der Waals surface area contributed by atoms with Gasteiger partial charge in [0.25, 0.3) is 5.91 Å². The number of nitrogens with one attached hydrogen (secondary N) is 1. The molecule has 0 aliphatic heterocycles. The number of amides is 1. The third-order valence-corrected chi connectivity index (χ3v) is 3.58. The van der Waals surface area contributed by atoms with E-state index in [2.05, 4.69) is 15.5 Å². The summed E-state index contributed by atoms with van der Waals surface area (Å²) in [5.74, 6) is 1.64. The van der Waals surface area contributed by atoms with E-state index in [1.165, 1.54) is 0 Å². The van der Waals surface area contributed by atoms with Crippen molar-refractivity contribution >= 4 is 11.6 Å². The van der Waals surface area contributed by atoms with Gasteiger partial charge in [0.2, 0.25) is 11.7 Å². The van der Waals surface area contributed by atoms with Crippen LogP contribution in [0.5, 0.6) is 5.75 Å². The van der Waals surface area contributed by atoms with E-state index in [1.807, 2.05) is 38.1 Å². The van der Waals surface area contributed by atoms with Gasteiger partial charge >= 0.3 is 0 Å². The normalized spacial score (nSPS) is 10.5. The number of hydrogen-bond acceptors (Lipinski definition) is 5. The minimum Gasteiger partial charge on any atom is -0.494 e. The van der Waals surface area contributed by atoms with Crippen molar-refractivity contribution in [3.05, 3.63) is 60.0 Å². The largest absolute Gasteiger partial charge is 0.494 e. The Morgan fingerprint density at radius 3 is 2.64 bits per heavy atom. The van der Waals surface area contributed by atoms with Crippen LogP contribution in [0.4, 0.5) is 5.69 Å². The second kappa shape index (κ2) is 7.61. The topological polar surface area (TPSA) is 77.2 Å². The maximum Gasteiger partial charge on any atom is 0.255 e. The molecule has 1 heterocycles. The fraction of sp³-hybridized carbons (Fsp3) is 0.211. The average Bonchev–Trinajstić information content (AvgIpc) is 3.12. The van der Waals surface area contributed by atoms with Crippen molar-refractivity contribution in [3.8, 4) is 17.1 Å². The minimum atomic E-state index is -0.192. The Morgan fingerprint density at radius 2 is 1.96 bits per heavy atom. The number of benzene rings is 2. The quantitative estimate of drug-likeness (QED) is 0.737. The number of anilines is 1. The number of aromatic nitrogens is 2. The van der Waals surface area contributed by atoms with Crippen molar-refractivity contribution in [3.63, 3.8) is 0 Å². The van der Waals surface area contributed by atoms with Gasteiger partial charge in [-0.1, -0.05) is 24.2 Å². The molecule has 1 amide bonds. The molecule has 25 heavy (non-hydrogen) atoms. The Kier molecular flexibility index (Phi) is 5.09. The molecule has 0 unspecified atom stereocenters. The first-order valence-corrected chi connectivity index (χ1v) is 8.16. The van der Waals surface area contributed by atoms with Crippen LogP contribution in [0.15, 0.2) is 53.1 Å². The van der Waals surface area contributed by atoms with Crippen molar-refractivity contribution in [2.45, 2.75) is 20.3 Å². The van der Waals surface area contributed by atoms with Crippen molar-refractivity contribution in [2.24, 2.45) is 0 Å². The maximum atomic E-state index is 12.4. The second-order valence-electron chi connectivity index (χ2n) is 5.36. The predicted molar refractivity (Wildman–Crippen MR) is 94.7 cm³/mol. The van der Waals surface area contributed by atoms with Gasteiger partial charge in [0.15, 0.2) is 0 Å². The molecule has 0 atom stereocenters. The van der Waals surface area contributed by atoms with Gasteiger partial charge in [0.05, 0.1) is 6.61 Å². The monoisotopic (exact) mass is 337 g/mol. The summed E-state index contributed by atoms with van der Waals surface area (Å²) in [7, 11) is 0. The van der Waals surface area contributed by atoms with Gasteiger partial charge in [-0.05, 0) is 43.3 Å². The molecular weight excluding hydrogens is 318 g/mol. The zero-order valence-corrected chi connectivity index (χ0v) is 14.2. The van der Waals surface area contributed by atoms with Crippen LogP contribution in [-0.2, 0) is 6.42 Å². The third kappa shape index (κ3) is 4.03. The number of carbonyl (C=O) groups is 1. The van der Waals surface area contributed by atoms with Gasteiger partial charge in [-0.3, -0.25) is 4.79 Å². The lowest BCUT2D eigenvalue weighted by Gasteiger charge is -2.07. The molecule has 0 spiro atoms. The molecule has 0 radical (unpaired) electrons. The van der Waals surface area contributed by atoms with Gasteiger partial charge in [0.1, 0.15) is 5.75 Å². The number of carbonyl (C=O) groups excluding carboxylic acids is 1. The molecule has 128 valence electrons. The van der Waals surface area contributed by atoms with E-state index in [0.717, 1.165) is 11.3 Å². The zero-order chi connectivity index (χ0) is 17.6. The van der Waals surface area contributed by atoms with E-state index >= 15 is 0 Å². The molecule has 2 aromatic carbocycles. The Morgan fingerprint density at radius 1 is 1.16 bits per heavy atom. The van der Waals surface area contributed by atoms with Crippen LogP contribution < -0.4 is 10.1 Å². The molecule has 0 saturated carbocycles. The van der Waals surface area contributed by atoms with Crippen LogP contribution in [0.1, 0.15) is 30.1 Å². The highest BCUT2D eigenvalue weighted by atomic mass is 16.5. The average molecular weight is 337 g/mol. The SMILES string of the molecule is CCOc1ccc(C(=O)Nc2cccc(-c3noc(CC)n3)c2)cc1. The third-order valence-electron chi connectivity index (χ3n) is 3.58. The molecule has 0 aliphatic rings. The first kappa shape index (κ1) is 16.7. The van der Waals surface area contributed by atoms with E-state index < -0.39 is 0 Å². The highest BCUT2D eigenvalue weighted by Gasteiger charge is 2.10. The molecule has 0 saturated heterocycles. The van der Waals surface area contributed by atoms with Crippen molar-refractivity contribution < 1.29 is 14.1 Å². The predicted octanol–water partition coefficient (Wildman–Crippen LogP) is 3.95. The Bertz CT molecular complexity index is 856. The van der Waals surface area contributed by atoms with Crippen LogP contribution in [0.2, 0.25) is 0 Å². The van der Waals surface area contributed by atoms with Gasteiger partial charge in [-0.25, -0.2) is 0 Å². The lowest BCUT2D eigenvalue weighted by atomic mass is 10.1. The first-order valence-electron chi connectivity index (χ1n) is 8.16. The number of nitrogens with zero attached hydrogens (tertiary/aromatic N) is 2. The molecule has 3 aromatic rings. The molecule has 0 bridgehead atoms. The highest BCUT2D eigenvalue weighted by molar-refractivity contribution is 6.04. The van der Waals surface area contributed by atoms with E-state index in [-0.39, 0.29) is 5.91 Å². The first-order chi connectivity index (χ1) is 12.2. The van der Waals surface area contributed by atoms with E-state index in [4.69, 9.17) is 9.26 Å². The highest BCUT2D eigenvalue weighted by Crippen LogP contribution is 2.21. The van der Waals surface area contributed by atoms with E-state index in [0.29, 0.717) is 36.0 Å². The Balaban J connectivity index is 1.74. The van der Waals surface area contributed by atoms with Crippen molar-refractivity contribution in [1.29, 1.82) is 0 Å². The molecule has 3 rings (SSSR count). The van der Waals surface area contributed by atoms with Crippen LogP contribution >= 0.6 is 0 Å². The molecule has 0 fully saturated rings. The standard InChI is InChI=1S/C19H19N3O3/c1-3-17-21-18(22-25-17)14-6-5-7-15(12-14)20-19(23)13-8-10-16(11-9-13)24-4-2/h5-12H,3-4H2,1-2H3,(H,20,23). The fourth-order valence-electron chi connectivity index (χ4n) is 2.32. The summed E-state index contributed by atoms with van der Waals surface area (Å²) in [6, 6.07) is 14.4. The summed E-state index contributed by atoms with van der Waals surface area (Å²) in [4.78, 5) is 16.7. The smallest absolute Gasteiger partial charge is 0.255 e. The molecule has 6 nitrogen and oxygen atoms in total. The van der Waals surface area contributed by atoms with Crippen molar-refractivity contribution in [2.75, 3.05) is 11.9 Å². The summed E-state index contributed by atoms with van der Waals surface area (Å²) in [5, 5.41) is 6.82. The molecule has 6 heteroatoms. The fourth-order valence-corrected chi connectivity index (χ4v) is 2.32. The van der Waals surface area contributed by atoms with Gasteiger partial charge in [0, 0.05) is 23.2 Å². The van der Waals surface area contributed by atoms with Crippen LogP contribution in [-0.4, -0.2) is 22.7 Å². The van der Waals surface area contributed by atoms with Crippen LogP contribution in [0.25, 0.3) is 11.4 Å². The van der Waals surface area contributed by atoms with Gasteiger partial charge in [-0.2, -0.15) is 4.98 Å². The lowest BCUT2D eigenvalue weighted by Crippen LogP contribution is -2.11. The van der Waals surface area contributed by atoms with E-state index in [1.54, 1.807) is 24.3 Å². The maximum absolute atomic E-state index is 12.4. The Hall–Kier alpha value is -3.15. The van der Waals surface area contributed by atoms with E-state index in [9.17, 15) is 4.79 Å². The van der Waals surface area contributed by atoms with Gasteiger partial charge < -0.3 is 14.6 Å². The van der Waals surface area contributed by atoms with Crippen LogP contribution in [0.3, 0.4) is 0 Å². The molecule has 0 aliphatic carbocycles. The molecule has 1 aromatic heterocycles. The lowest BCUT2D eigenvalue weighted by molar-refractivity contribution is 0.102.